The van der Waals surface area contributed by atoms with Crippen molar-refractivity contribution in [2.24, 2.45) is 11.8 Å². The summed E-state index contributed by atoms with van der Waals surface area (Å²) >= 11 is 0. The molecule has 0 aromatic carbocycles. The van der Waals surface area contributed by atoms with Crippen molar-refractivity contribution < 1.29 is 19.5 Å². The molecular formula is C12H21N3O4. The fourth-order valence-electron chi connectivity index (χ4n) is 2.10. The predicted molar refractivity (Wildman–Crippen MR) is 68.6 cm³/mol. The number of hydrogen-bond acceptors (Lipinski definition) is 3. The minimum Gasteiger partial charge on any atom is -0.481 e. The van der Waals surface area contributed by atoms with E-state index in [2.05, 4.69) is 0 Å². The van der Waals surface area contributed by atoms with Gasteiger partial charge in [0, 0.05) is 34.2 Å². The molecule has 1 aliphatic heterocycles. The Labute approximate surface area is 112 Å². The van der Waals surface area contributed by atoms with Crippen LogP contribution in [-0.4, -0.2) is 78.5 Å². The zero-order valence-electron chi connectivity index (χ0n) is 11.8. The monoisotopic (exact) mass is 271 g/mol. The van der Waals surface area contributed by atoms with Gasteiger partial charge >= 0.3 is 12.0 Å². The lowest BCUT2D eigenvalue weighted by Gasteiger charge is -2.25. The number of likely N-dealkylation sites (N-methyl/N-ethyl adjacent to an activating group) is 2. The third kappa shape index (κ3) is 3.59. The average molecular weight is 271 g/mol. The van der Waals surface area contributed by atoms with Gasteiger partial charge in [-0.05, 0) is 5.92 Å². The fraction of sp³-hybridized carbons (Fsp3) is 0.750. The van der Waals surface area contributed by atoms with Crippen molar-refractivity contribution in [3.8, 4) is 0 Å². The summed E-state index contributed by atoms with van der Waals surface area (Å²) in [5.41, 5.74) is 0. The number of hydrogen-bond donors (Lipinski definition) is 1. The number of amides is 3. The van der Waals surface area contributed by atoms with Gasteiger partial charge in [0.15, 0.2) is 0 Å². The zero-order valence-corrected chi connectivity index (χ0v) is 11.8. The molecule has 1 saturated heterocycles. The Kier molecular flexibility index (Phi) is 4.74. The zero-order chi connectivity index (χ0) is 14.7. The summed E-state index contributed by atoms with van der Waals surface area (Å²) in [5.74, 6) is -1.64. The normalized spacial score (nSPS) is 22.2. The van der Waals surface area contributed by atoms with Crippen LogP contribution >= 0.6 is 0 Å². The van der Waals surface area contributed by atoms with Gasteiger partial charge in [-0.3, -0.25) is 9.59 Å². The maximum absolute atomic E-state index is 12.1. The largest absolute Gasteiger partial charge is 0.481 e. The van der Waals surface area contributed by atoms with Crippen molar-refractivity contribution in [1.29, 1.82) is 0 Å². The Morgan fingerprint density at radius 1 is 1.21 bits per heavy atom. The average Bonchev–Trinajstić information content (AvgIpc) is 2.70. The van der Waals surface area contributed by atoms with E-state index in [1.54, 1.807) is 21.1 Å². The molecule has 1 fully saturated rings. The third-order valence-electron chi connectivity index (χ3n) is 3.40. The molecule has 19 heavy (non-hydrogen) atoms. The Morgan fingerprint density at radius 3 is 2.21 bits per heavy atom. The highest BCUT2D eigenvalue weighted by Gasteiger charge is 2.38. The van der Waals surface area contributed by atoms with E-state index in [1.807, 2.05) is 6.92 Å². The molecule has 0 radical (unpaired) electrons. The number of aliphatic carboxylic acids is 1. The SMILES string of the molecule is C[C@@H]1CN(C(=O)N(C)CC(=O)N(C)C)C[C@H]1C(=O)O. The van der Waals surface area contributed by atoms with E-state index < -0.39 is 11.9 Å². The van der Waals surface area contributed by atoms with Gasteiger partial charge in [-0.1, -0.05) is 6.92 Å². The van der Waals surface area contributed by atoms with E-state index in [4.69, 9.17) is 5.11 Å². The summed E-state index contributed by atoms with van der Waals surface area (Å²) in [7, 11) is 4.79. The maximum atomic E-state index is 12.1. The summed E-state index contributed by atoms with van der Waals surface area (Å²) in [6, 6.07) is -0.300. The standard InChI is InChI=1S/C12H21N3O4/c1-8-5-15(6-9(8)11(17)18)12(19)14(4)7-10(16)13(2)3/h8-9H,5-7H2,1-4H3,(H,17,18)/t8-,9-/m1/s1. The van der Waals surface area contributed by atoms with Crippen molar-refractivity contribution in [2.75, 3.05) is 40.8 Å². The number of nitrogens with zero attached hydrogens (tertiary/aromatic N) is 3. The maximum Gasteiger partial charge on any atom is 0.320 e. The minimum absolute atomic E-state index is 0.00550. The number of carbonyl (C=O) groups is 3. The first-order valence-electron chi connectivity index (χ1n) is 6.17. The summed E-state index contributed by atoms with van der Waals surface area (Å²) in [5, 5.41) is 9.03. The van der Waals surface area contributed by atoms with Crippen LogP contribution < -0.4 is 0 Å². The van der Waals surface area contributed by atoms with Crippen molar-refractivity contribution in [1.82, 2.24) is 14.7 Å². The van der Waals surface area contributed by atoms with Crippen LogP contribution in [0.1, 0.15) is 6.92 Å². The summed E-state index contributed by atoms with van der Waals surface area (Å²) in [6.45, 7) is 2.43. The van der Waals surface area contributed by atoms with Crippen molar-refractivity contribution in [3.63, 3.8) is 0 Å². The number of urea groups is 1. The van der Waals surface area contributed by atoms with Crippen molar-refractivity contribution in [2.45, 2.75) is 6.92 Å². The number of carboxylic acids is 1. The molecule has 1 rings (SSSR count). The molecule has 0 aromatic rings. The van der Waals surface area contributed by atoms with Crippen LogP contribution in [0, 0.1) is 11.8 Å². The number of likely N-dealkylation sites (tertiary alicyclic amines) is 1. The third-order valence-corrected chi connectivity index (χ3v) is 3.40. The Hall–Kier alpha value is -1.79. The predicted octanol–water partition coefficient (Wildman–Crippen LogP) is -0.221. The lowest BCUT2D eigenvalue weighted by Crippen LogP contribution is -2.44. The molecule has 7 heteroatoms. The van der Waals surface area contributed by atoms with Crippen molar-refractivity contribution in [3.05, 3.63) is 0 Å². The smallest absolute Gasteiger partial charge is 0.320 e. The topological polar surface area (TPSA) is 81.2 Å². The first-order valence-corrected chi connectivity index (χ1v) is 6.17. The second kappa shape index (κ2) is 5.90. The minimum atomic E-state index is -0.880. The molecule has 0 unspecified atom stereocenters. The molecule has 1 heterocycles. The Balaban J connectivity index is 2.59. The van der Waals surface area contributed by atoms with E-state index in [0.717, 1.165) is 0 Å². The number of rotatable bonds is 3. The van der Waals surface area contributed by atoms with Gasteiger partial charge in [0.05, 0.1) is 5.92 Å². The van der Waals surface area contributed by atoms with Gasteiger partial charge in [-0.2, -0.15) is 0 Å². The van der Waals surface area contributed by atoms with Crippen LogP contribution in [-0.2, 0) is 9.59 Å². The second-order valence-corrected chi connectivity index (χ2v) is 5.25. The molecule has 0 bridgehead atoms. The summed E-state index contributed by atoms with van der Waals surface area (Å²) in [4.78, 5) is 38.9. The molecule has 7 nitrogen and oxygen atoms in total. The molecule has 2 atom stereocenters. The molecule has 0 spiro atoms. The molecule has 1 N–H and O–H groups in total. The fourth-order valence-corrected chi connectivity index (χ4v) is 2.10. The van der Waals surface area contributed by atoms with Gasteiger partial charge in [0.1, 0.15) is 6.54 Å². The van der Waals surface area contributed by atoms with E-state index >= 15 is 0 Å². The second-order valence-electron chi connectivity index (χ2n) is 5.25. The van der Waals surface area contributed by atoms with Crippen LogP contribution in [0.5, 0.6) is 0 Å². The van der Waals surface area contributed by atoms with Crippen LogP contribution in [0.15, 0.2) is 0 Å². The first kappa shape index (κ1) is 15.3. The number of carbonyl (C=O) groups excluding carboxylic acids is 2. The quantitative estimate of drug-likeness (QED) is 0.769. The van der Waals surface area contributed by atoms with Crippen LogP contribution in [0.3, 0.4) is 0 Å². The highest BCUT2D eigenvalue weighted by Crippen LogP contribution is 2.23. The highest BCUT2D eigenvalue weighted by atomic mass is 16.4. The van der Waals surface area contributed by atoms with Crippen LogP contribution in [0.2, 0.25) is 0 Å². The van der Waals surface area contributed by atoms with E-state index in [0.29, 0.717) is 6.54 Å². The van der Waals surface area contributed by atoms with E-state index in [9.17, 15) is 14.4 Å². The highest BCUT2D eigenvalue weighted by molar-refractivity contribution is 5.84. The van der Waals surface area contributed by atoms with Gasteiger partial charge in [-0.15, -0.1) is 0 Å². The Morgan fingerprint density at radius 2 is 1.79 bits per heavy atom. The van der Waals surface area contributed by atoms with Gasteiger partial charge in [-0.25, -0.2) is 4.79 Å². The molecular weight excluding hydrogens is 250 g/mol. The van der Waals surface area contributed by atoms with Crippen LogP contribution in [0.4, 0.5) is 4.79 Å². The molecule has 0 aromatic heterocycles. The Bertz CT molecular complexity index is 383. The molecule has 0 saturated carbocycles. The molecule has 3 amide bonds. The van der Waals surface area contributed by atoms with Gasteiger partial charge < -0.3 is 19.8 Å². The van der Waals surface area contributed by atoms with Gasteiger partial charge in [0.2, 0.25) is 5.91 Å². The molecule has 1 aliphatic rings. The van der Waals surface area contributed by atoms with Gasteiger partial charge in [0.25, 0.3) is 0 Å². The van der Waals surface area contributed by atoms with E-state index in [-0.39, 0.29) is 30.9 Å². The first-order chi connectivity index (χ1) is 8.73. The van der Waals surface area contributed by atoms with Crippen LogP contribution in [0.25, 0.3) is 0 Å². The number of carboxylic acid groups (broad SMARTS) is 1. The lowest BCUT2D eigenvalue weighted by atomic mass is 9.99. The summed E-state index contributed by atoms with van der Waals surface area (Å²) < 4.78 is 0. The molecule has 108 valence electrons. The van der Waals surface area contributed by atoms with E-state index in [1.165, 1.54) is 14.7 Å². The lowest BCUT2D eigenvalue weighted by molar-refractivity contribution is -0.142. The molecule has 0 aliphatic carbocycles. The van der Waals surface area contributed by atoms with Crippen molar-refractivity contribution >= 4 is 17.9 Å². The summed E-state index contributed by atoms with van der Waals surface area (Å²) in [6.07, 6.45) is 0.